The van der Waals surface area contributed by atoms with Gasteiger partial charge in [0.25, 0.3) is 0 Å². The zero-order chi connectivity index (χ0) is 13.8. The number of hydrogen-bond donors (Lipinski definition) is 1. The Bertz CT molecular complexity index is 549. The zero-order valence-electron chi connectivity index (χ0n) is 11.6. The number of nitrogens with one attached hydrogen (secondary N) is 1. The molecule has 0 aliphatic heterocycles. The smallest absolute Gasteiger partial charge is 0.0605 e. The molecule has 2 aromatic rings. The molecule has 0 bridgehead atoms. The second kappa shape index (κ2) is 6.48. The third-order valence-corrected chi connectivity index (χ3v) is 4.01. The Morgan fingerprint density at radius 1 is 1.21 bits per heavy atom. The minimum atomic E-state index is 0.265. The molecule has 1 aromatic carbocycles. The van der Waals surface area contributed by atoms with Gasteiger partial charge in [-0.25, -0.2) is 0 Å². The van der Waals surface area contributed by atoms with Gasteiger partial charge in [0.05, 0.1) is 11.7 Å². The SMILES string of the molecule is CNC(Cc1ccc(I)cc1)c1ncc(C)cc1C. The highest BCUT2D eigenvalue weighted by Crippen LogP contribution is 2.20. The fourth-order valence-electron chi connectivity index (χ4n) is 2.28. The molecule has 2 nitrogen and oxygen atoms in total. The van der Waals surface area contributed by atoms with Crippen LogP contribution in [0.25, 0.3) is 0 Å². The number of rotatable bonds is 4. The monoisotopic (exact) mass is 366 g/mol. The summed E-state index contributed by atoms with van der Waals surface area (Å²) in [6.07, 6.45) is 2.91. The molecule has 0 aliphatic carbocycles. The van der Waals surface area contributed by atoms with Gasteiger partial charge in [0, 0.05) is 9.77 Å². The second-order valence-electron chi connectivity index (χ2n) is 4.89. The van der Waals surface area contributed by atoms with Gasteiger partial charge in [-0.2, -0.15) is 0 Å². The van der Waals surface area contributed by atoms with E-state index in [4.69, 9.17) is 0 Å². The fraction of sp³-hybridized carbons (Fsp3) is 0.312. The van der Waals surface area contributed by atoms with Gasteiger partial charge in [0.1, 0.15) is 0 Å². The van der Waals surface area contributed by atoms with E-state index >= 15 is 0 Å². The Labute approximate surface area is 128 Å². The van der Waals surface area contributed by atoms with E-state index in [0.717, 1.165) is 12.1 Å². The summed E-state index contributed by atoms with van der Waals surface area (Å²) < 4.78 is 1.27. The first-order valence-electron chi connectivity index (χ1n) is 6.45. The van der Waals surface area contributed by atoms with Crippen molar-refractivity contribution >= 4 is 22.6 Å². The van der Waals surface area contributed by atoms with E-state index in [0.29, 0.717) is 0 Å². The van der Waals surface area contributed by atoms with Gasteiger partial charge < -0.3 is 5.32 Å². The molecule has 0 aliphatic rings. The molecule has 1 N–H and O–H groups in total. The van der Waals surface area contributed by atoms with Gasteiger partial charge in [-0.1, -0.05) is 18.2 Å². The van der Waals surface area contributed by atoms with E-state index in [1.54, 1.807) is 0 Å². The number of aryl methyl sites for hydroxylation is 2. The van der Waals surface area contributed by atoms with E-state index in [1.807, 2.05) is 13.2 Å². The first kappa shape index (κ1) is 14.5. The van der Waals surface area contributed by atoms with Crippen LogP contribution in [0.2, 0.25) is 0 Å². The Morgan fingerprint density at radius 3 is 2.47 bits per heavy atom. The van der Waals surface area contributed by atoms with Crippen molar-refractivity contribution in [2.24, 2.45) is 0 Å². The summed E-state index contributed by atoms with van der Waals surface area (Å²) in [6.45, 7) is 4.21. The van der Waals surface area contributed by atoms with E-state index < -0.39 is 0 Å². The highest BCUT2D eigenvalue weighted by Gasteiger charge is 2.14. The van der Waals surface area contributed by atoms with Crippen LogP contribution in [-0.2, 0) is 6.42 Å². The van der Waals surface area contributed by atoms with Crippen molar-refractivity contribution in [3.63, 3.8) is 0 Å². The minimum Gasteiger partial charge on any atom is -0.311 e. The normalized spacial score (nSPS) is 12.4. The lowest BCUT2D eigenvalue weighted by atomic mass is 9.99. The van der Waals surface area contributed by atoms with Crippen LogP contribution in [-0.4, -0.2) is 12.0 Å². The van der Waals surface area contributed by atoms with E-state index in [9.17, 15) is 0 Å². The van der Waals surface area contributed by atoms with Gasteiger partial charge in [-0.3, -0.25) is 4.98 Å². The first-order chi connectivity index (χ1) is 9.10. The van der Waals surface area contributed by atoms with Crippen molar-refractivity contribution < 1.29 is 0 Å². The molecule has 1 atom stereocenters. The van der Waals surface area contributed by atoms with Gasteiger partial charge in [-0.05, 0) is 78.7 Å². The van der Waals surface area contributed by atoms with Crippen LogP contribution in [0, 0.1) is 17.4 Å². The van der Waals surface area contributed by atoms with Gasteiger partial charge in [-0.15, -0.1) is 0 Å². The molecule has 1 aromatic heterocycles. The van der Waals surface area contributed by atoms with E-state index in [2.05, 4.69) is 77.1 Å². The summed E-state index contributed by atoms with van der Waals surface area (Å²) >= 11 is 2.33. The summed E-state index contributed by atoms with van der Waals surface area (Å²) in [5.41, 5.74) is 4.95. The quantitative estimate of drug-likeness (QED) is 0.833. The van der Waals surface area contributed by atoms with Crippen LogP contribution in [0.1, 0.15) is 28.4 Å². The molecular weight excluding hydrogens is 347 g/mol. The topological polar surface area (TPSA) is 24.9 Å². The molecule has 0 amide bonds. The van der Waals surface area contributed by atoms with Crippen molar-refractivity contribution in [3.05, 3.63) is 62.5 Å². The molecule has 0 fully saturated rings. The Morgan fingerprint density at radius 2 is 1.89 bits per heavy atom. The Kier molecular flexibility index (Phi) is 4.93. The highest BCUT2D eigenvalue weighted by molar-refractivity contribution is 14.1. The number of nitrogens with zero attached hydrogens (tertiary/aromatic N) is 1. The molecule has 2 rings (SSSR count). The van der Waals surface area contributed by atoms with E-state index in [1.165, 1.54) is 20.3 Å². The molecule has 1 heterocycles. The molecule has 100 valence electrons. The summed E-state index contributed by atoms with van der Waals surface area (Å²) in [7, 11) is 2.00. The largest absolute Gasteiger partial charge is 0.311 e. The number of pyridine rings is 1. The highest BCUT2D eigenvalue weighted by atomic mass is 127. The minimum absolute atomic E-state index is 0.265. The lowest BCUT2D eigenvalue weighted by Gasteiger charge is -2.18. The van der Waals surface area contributed by atoms with Crippen molar-refractivity contribution in [1.29, 1.82) is 0 Å². The second-order valence-corrected chi connectivity index (χ2v) is 6.13. The molecule has 0 spiro atoms. The lowest BCUT2D eigenvalue weighted by Crippen LogP contribution is -2.21. The molecule has 1 unspecified atom stereocenters. The zero-order valence-corrected chi connectivity index (χ0v) is 13.7. The summed E-state index contributed by atoms with van der Waals surface area (Å²) in [5, 5.41) is 3.38. The standard InChI is InChI=1S/C16H19IN2/c1-11-8-12(2)16(19-10-11)15(18-3)9-13-4-6-14(17)7-5-13/h4-8,10,15,18H,9H2,1-3H3. The maximum atomic E-state index is 4.60. The number of hydrogen-bond acceptors (Lipinski definition) is 2. The van der Waals surface area contributed by atoms with Crippen LogP contribution in [0.5, 0.6) is 0 Å². The third kappa shape index (κ3) is 3.76. The van der Waals surface area contributed by atoms with Crippen LogP contribution in [0.15, 0.2) is 36.5 Å². The van der Waals surface area contributed by atoms with Crippen molar-refractivity contribution in [2.75, 3.05) is 7.05 Å². The molecule has 19 heavy (non-hydrogen) atoms. The van der Waals surface area contributed by atoms with Crippen LogP contribution in [0.4, 0.5) is 0 Å². The predicted molar refractivity (Wildman–Crippen MR) is 88.4 cm³/mol. The van der Waals surface area contributed by atoms with Crippen LogP contribution in [0.3, 0.4) is 0 Å². The maximum absolute atomic E-state index is 4.60. The van der Waals surface area contributed by atoms with Gasteiger partial charge in [0.2, 0.25) is 0 Å². The lowest BCUT2D eigenvalue weighted by molar-refractivity contribution is 0.572. The van der Waals surface area contributed by atoms with Crippen LogP contribution < -0.4 is 5.32 Å². The van der Waals surface area contributed by atoms with Gasteiger partial charge >= 0.3 is 0 Å². The summed E-state index contributed by atoms with van der Waals surface area (Å²) in [4.78, 5) is 4.60. The molecule has 3 heteroatoms. The number of aromatic nitrogens is 1. The third-order valence-electron chi connectivity index (χ3n) is 3.29. The molecular formula is C16H19IN2. The average molecular weight is 366 g/mol. The maximum Gasteiger partial charge on any atom is 0.0605 e. The van der Waals surface area contributed by atoms with Crippen molar-refractivity contribution in [2.45, 2.75) is 26.3 Å². The predicted octanol–water partition coefficient (Wildman–Crippen LogP) is 3.81. The number of halogens is 1. The van der Waals surface area contributed by atoms with E-state index in [-0.39, 0.29) is 6.04 Å². The first-order valence-corrected chi connectivity index (χ1v) is 7.53. The fourth-order valence-corrected chi connectivity index (χ4v) is 2.64. The summed E-state index contributed by atoms with van der Waals surface area (Å²) in [6, 6.07) is 11.1. The average Bonchev–Trinajstić information content (AvgIpc) is 2.39. The number of likely N-dealkylation sites (N-methyl/N-ethyl adjacent to an activating group) is 1. The van der Waals surface area contributed by atoms with Crippen molar-refractivity contribution in [1.82, 2.24) is 10.3 Å². The Hall–Kier alpha value is -0.940. The van der Waals surface area contributed by atoms with Crippen LogP contribution >= 0.6 is 22.6 Å². The molecule has 0 saturated heterocycles. The van der Waals surface area contributed by atoms with Gasteiger partial charge in [0.15, 0.2) is 0 Å². The number of benzene rings is 1. The summed E-state index contributed by atoms with van der Waals surface area (Å²) in [5.74, 6) is 0. The Balaban J connectivity index is 2.22. The molecule has 0 radical (unpaired) electrons. The molecule has 0 saturated carbocycles. The van der Waals surface area contributed by atoms with Crippen molar-refractivity contribution in [3.8, 4) is 0 Å².